The molecular formula is C17H13MgN7. The summed E-state index contributed by atoms with van der Waals surface area (Å²) in [5.74, 6) is 1.85. The van der Waals surface area contributed by atoms with E-state index < -0.39 is 0 Å². The number of aromatic amines is 2. The van der Waals surface area contributed by atoms with Gasteiger partial charge in [-0.3, -0.25) is 0 Å². The van der Waals surface area contributed by atoms with E-state index in [-0.39, 0.29) is 23.1 Å². The number of rotatable bonds is 0. The first kappa shape index (κ1) is 15.7. The van der Waals surface area contributed by atoms with Crippen LogP contribution < -0.4 is 0 Å². The molecule has 0 saturated carbocycles. The number of nitrogens with zero attached hydrogens (tertiary/aromatic N) is 5. The molecule has 2 aliphatic rings. The fourth-order valence-electron chi connectivity index (χ4n) is 2.56. The van der Waals surface area contributed by atoms with Gasteiger partial charge in [0.25, 0.3) is 0 Å². The van der Waals surface area contributed by atoms with Crippen molar-refractivity contribution in [1.82, 2.24) is 34.9 Å². The molecule has 3 aromatic rings. The van der Waals surface area contributed by atoms with Gasteiger partial charge in [-0.25, -0.2) is 24.9 Å². The van der Waals surface area contributed by atoms with Crippen LogP contribution in [0.2, 0.25) is 0 Å². The Morgan fingerprint density at radius 3 is 1.84 bits per heavy atom. The van der Waals surface area contributed by atoms with Crippen LogP contribution in [0.25, 0.3) is 46.8 Å². The highest BCUT2D eigenvalue weighted by Crippen LogP contribution is 2.12. The van der Waals surface area contributed by atoms with Gasteiger partial charge in [0.1, 0.15) is 16.9 Å². The lowest BCUT2D eigenvalue weighted by atomic mass is 10.4. The van der Waals surface area contributed by atoms with Crippen molar-refractivity contribution >= 4 is 69.8 Å². The molecule has 5 rings (SSSR count). The van der Waals surface area contributed by atoms with Crippen molar-refractivity contribution in [2.45, 2.75) is 0 Å². The van der Waals surface area contributed by atoms with Gasteiger partial charge in [-0.15, -0.1) is 0 Å². The predicted octanol–water partition coefficient (Wildman–Crippen LogP) is 1.92. The molecule has 25 heavy (non-hydrogen) atoms. The normalized spacial score (nSPS) is 12.2. The molecule has 7 nitrogen and oxygen atoms in total. The Kier molecular flexibility index (Phi) is 3.90. The summed E-state index contributed by atoms with van der Waals surface area (Å²) in [5.41, 5.74) is 3.87. The number of aromatic nitrogens is 7. The van der Waals surface area contributed by atoms with Crippen LogP contribution in [0, 0.1) is 0 Å². The van der Waals surface area contributed by atoms with Gasteiger partial charge in [0.05, 0.1) is 5.69 Å². The first-order valence-corrected chi connectivity index (χ1v) is 7.46. The second-order valence-electron chi connectivity index (χ2n) is 5.40. The number of H-pyrrole nitrogens is 2. The zero-order valence-electron chi connectivity index (χ0n) is 12.4. The van der Waals surface area contributed by atoms with E-state index >= 15 is 0 Å². The quantitative estimate of drug-likeness (QED) is 0.420. The average Bonchev–Trinajstić information content (AvgIpc) is 3.32. The van der Waals surface area contributed by atoms with Gasteiger partial charge in [-0.1, -0.05) is 0 Å². The summed E-state index contributed by atoms with van der Waals surface area (Å²) in [6.07, 6.45) is 7.46. The van der Waals surface area contributed by atoms with Crippen molar-refractivity contribution in [3.63, 3.8) is 0 Å². The molecule has 0 radical (unpaired) electrons. The Bertz CT molecular complexity index is 995. The summed E-state index contributed by atoms with van der Waals surface area (Å²) in [6, 6.07) is 9.52. The Morgan fingerprint density at radius 2 is 1.12 bits per heavy atom. The monoisotopic (exact) mass is 339 g/mol. The van der Waals surface area contributed by atoms with Crippen molar-refractivity contribution < 1.29 is 0 Å². The number of hydrogen-bond donors (Lipinski definition) is 2. The van der Waals surface area contributed by atoms with E-state index in [9.17, 15) is 0 Å². The minimum absolute atomic E-state index is 0. The molecule has 0 spiro atoms. The Labute approximate surface area is 158 Å². The SMILES string of the molecule is C1=Cc2nc1cc1ccc(nc3nc(nc4ccc(n2)[nH]4)C=C3)[nH]1.[MgH2]. The second-order valence-corrected chi connectivity index (χ2v) is 5.40. The highest BCUT2D eigenvalue weighted by molar-refractivity contribution is 5.75. The molecular weight excluding hydrogens is 327 g/mol. The van der Waals surface area contributed by atoms with Crippen LogP contribution in [-0.4, -0.2) is 57.9 Å². The predicted molar refractivity (Wildman–Crippen MR) is 101 cm³/mol. The molecule has 0 aromatic carbocycles. The Balaban J connectivity index is 0.00000157. The van der Waals surface area contributed by atoms with Crippen molar-refractivity contribution in [2.24, 2.45) is 0 Å². The topological polar surface area (TPSA) is 96.0 Å². The number of nitrogens with one attached hydrogen (secondary N) is 2. The summed E-state index contributed by atoms with van der Waals surface area (Å²) in [7, 11) is 0. The van der Waals surface area contributed by atoms with E-state index in [1.807, 2.05) is 54.6 Å². The molecule has 0 fully saturated rings. The fourth-order valence-corrected chi connectivity index (χ4v) is 2.56. The zero-order chi connectivity index (χ0) is 15.9. The zero-order valence-corrected chi connectivity index (χ0v) is 12.4. The summed E-state index contributed by atoms with van der Waals surface area (Å²) in [5, 5.41) is 0. The van der Waals surface area contributed by atoms with Crippen LogP contribution in [0.3, 0.4) is 0 Å². The van der Waals surface area contributed by atoms with E-state index in [4.69, 9.17) is 0 Å². The minimum atomic E-state index is 0. The molecule has 118 valence electrons. The van der Waals surface area contributed by atoms with Gasteiger partial charge in [0.2, 0.25) is 0 Å². The van der Waals surface area contributed by atoms with Gasteiger partial charge in [0, 0.05) is 5.52 Å². The molecule has 0 unspecified atom stereocenters. The second kappa shape index (κ2) is 6.23. The molecule has 2 aliphatic heterocycles. The fraction of sp³-hybridized carbons (Fsp3) is 0. The van der Waals surface area contributed by atoms with Gasteiger partial charge in [0.15, 0.2) is 17.5 Å². The molecule has 0 atom stereocenters. The molecule has 8 bridgehead atoms. The van der Waals surface area contributed by atoms with Crippen LogP contribution in [0.4, 0.5) is 0 Å². The summed E-state index contributed by atoms with van der Waals surface area (Å²) in [6.45, 7) is 0. The summed E-state index contributed by atoms with van der Waals surface area (Å²) >= 11 is 0. The number of fused-ring (bicyclic) bond motifs is 8. The first-order valence-electron chi connectivity index (χ1n) is 7.46. The molecule has 2 N–H and O–H groups in total. The number of hydrogen-bond acceptors (Lipinski definition) is 5. The summed E-state index contributed by atoms with van der Waals surface area (Å²) in [4.78, 5) is 28.6. The average molecular weight is 340 g/mol. The lowest BCUT2D eigenvalue weighted by Crippen LogP contribution is -1.83. The minimum Gasteiger partial charge on any atom is -0.340 e. The van der Waals surface area contributed by atoms with Crippen LogP contribution in [0.15, 0.2) is 30.3 Å². The standard InChI is InChI=1S/C17H11N7.Mg.2H/c1-3-12-18-10(1)9-11-2-4-13(19-11)21-15-6-8-17(23-15)24-16-7-5-14(20-12)22-16;;;/h1-9H,(H2,18,19,20,21,22,23,24);;;. The summed E-state index contributed by atoms with van der Waals surface area (Å²) < 4.78 is 0. The van der Waals surface area contributed by atoms with E-state index in [1.54, 1.807) is 0 Å². The van der Waals surface area contributed by atoms with Crippen molar-refractivity contribution in [3.8, 4) is 0 Å². The lowest BCUT2D eigenvalue weighted by Gasteiger charge is -1.84. The lowest BCUT2D eigenvalue weighted by molar-refractivity contribution is 1.13. The van der Waals surface area contributed by atoms with Crippen molar-refractivity contribution in [1.29, 1.82) is 0 Å². The first-order chi connectivity index (χ1) is 11.8. The molecule has 0 amide bonds. The maximum absolute atomic E-state index is 4.48. The van der Waals surface area contributed by atoms with E-state index in [0.717, 1.165) is 16.9 Å². The van der Waals surface area contributed by atoms with Gasteiger partial charge in [-0.2, -0.15) is 0 Å². The van der Waals surface area contributed by atoms with Crippen molar-refractivity contribution in [3.05, 3.63) is 53.5 Å². The molecule has 0 aliphatic carbocycles. The van der Waals surface area contributed by atoms with Crippen molar-refractivity contribution in [2.75, 3.05) is 0 Å². The molecule has 8 heteroatoms. The largest absolute Gasteiger partial charge is 0.340 e. The van der Waals surface area contributed by atoms with E-state index in [1.165, 1.54) is 0 Å². The third kappa shape index (κ3) is 3.21. The maximum Gasteiger partial charge on any atom is 0.316 e. The van der Waals surface area contributed by atoms with E-state index in [2.05, 4.69) is 34.9 Å². The highest BCUT2D eigenvalue weighted by Gasteiger charge is 2.02. The Morgan fingerprint density at radius 1 is 0.560 bits per heavy atom. The molecule has 0 saturated heterocycles. The van der Waals surface area contributed by atoms with Gasteiger partial charge < -0.3 is 9.97 Å². The smallest absolute Gasteiger partial charge is 0.316 e. The van der Waals surface area contributed by atoms with Crippen LogP contribution in [-0.2, 0) is 0 Å². The van der Waals surface area contributed by atoms with Gasteiger partial charge >= 0.3 is 23.1 Å². The highest BCUT2D eigenvalue weighted by atomic mass is 24.3. The molecule has 3 aromatic heterocycles. The van der Waals surface area contributed by atoms with E-state index in [0.29, 0.717) is 28.8 Å². The maximum atomic E-state index is 4.48. The van der Waals surface area contributed by atoms with Crippen LogP contribution in [0.1, 0.15) is 23.2 Å². The Hall–Kier alpha value is -2.84. The van der Waals surface area contributed by atoms with Crippen LogP contribution >= 0.6 is 0 Å². The van der Waals surface area contributed by atoms with Crippen LogP contribution in [0.5, 0.6) is 0 Å². The van der Waals surface area contributed by atoms with Gasteiger partial charge in [-0.05, 0) is 54.6 Å². The third-order valence-electron chi connectivity index (χ3n) is 3.61. The third-order valence-corrected chi connectivity index (χ3v) is 3.61. The molecule has 5 heterocycles.